The summed E-state index contributed by atoms with van der Waals surface area (Å²) in [7, 11) is 1.87. The van der Waals surface area contributed by atoms with Gasteiger partial charge in [-0.05, 0) is 43.4 Å². The van der Waals surface area contributed by atoms with Gasteiger partial charge in [-0.2, -0.15) is 5.10 Å². The van der Waals surface area contributed by atoms with Gasteiger partial charge in [-0.15, -0.1) is 0 Å². The highest BCUT2D eigenvalue weighted by molar-refractivity contribution is 6.34. The minimum absolute atomic E-state index is 0.129. The van der Waals surface area contributed by atoms with Crippen LogP contribution >= 0.6 is 11.6 Å². The summed E-state index contributed by atoms with van der Waals surface area (Å²) in [6.07, 6.45) is 0.129. The number of ether oxygens (including phenoxy) is 1. The predicted octanol–water partition coefficient (Wildman–Crippen LogP) is 3.46. The highest BCUT2D eigenvalue weighted by atomic mass is 35.5. The lowest BCUT2D eigenvalue weighted by molar-refractivity contribution is -0.137. The Morgan fingerprint density at radius 3 is 2.62 bits per heavy atom. The second-order valence-corrected chi connectivity index (χ2v) is 6.37. The van der Waals surface area contributed by atoms with Crippen LogP contribution in [-0.4, -0.2) is 52.5 Å². The van der Waals surface area contributed by atoms with Crippen LogP contribution in [0.5, 0.6) is 5.75 Å². The van der Waals surface area contributed by atoms with Crippen LogP contribution in [0.1, 0.15) is 6.42 Å². The molecule has 3 rings (SSSR count). The Morgan fingerprint density at radius 1 is 1.19 bits per heavy atom. The van der Waals surface area contributed by atoms with Gasteiger partial charge in [0.2, 0.25) is 0 Å². The van der Waals surface area contributed by atoms with Crippen molar-refractivity contribution in [2.45, 2.75) is 6.42 Å². The van der Waals surface area contributed by atoms with Gasteiger partial charge in [0.1, 0.15) is 17.5 Å². The van der Waals surface area contributed by atoms with Crippen molar-refractivity contribution < 1.29 is 14.6 Å². The monoisotopic (exact) mass is 373 g/mol. The van der Waals surface area contributed by atoms with Gasteiger partial charge < -0.3 is 14.7 Å². The van der Waals surface area contributed by atoms with Gasteiger partial charge in [0.25, 0.3) is 0 Å². The Hall–Kier alpha value is -2.57. The number of nitrogens with zero attached hydrogens (tertiary/aromatic N) is 3. The van der Waals surface area contributed by atoms with E-state index in [1.807, 2.05) is 60.5 Å². The number of carbonyl (C=O) groups is 1. The number of hydrogen-bond acceptors (Lipinski definition) is 4. The van der Waals surface area contributed by atoms with Crippen molar-refractivity contribution in [1.29, 1.82) is 0 Å². The lowest BCUT2D eigenvalue weighted by atomic mass is 10.2. The molecule has 1 N–H and O–H groups in total. The van der Waals surface area contributed by atoms with E-state index in [1.165, 1.54) is 0 Å². The summed E-state index contributed by atoms with van der Waals surface area (Å²) in [5, 5.41) is 14.7. The van der Waals surface area contributed by atoms with Crippen LogP contribution < -0.4 is 4.74 Å². The lowest BCUT2D eigenvalue weighted by Gasteiger charge is -2.15. The van der Waals surface area contributed by atoms with Gasteiger partial charge in [-0.3, -0.25) is 4.79 Å². The van der Waals surface area contributed by atoms with Crippen LogP contribution in [0.25, 0.3) is 16.6 Å². The third-order valence-corrected chi connectivity index (χ3v) is 4.41. The summed E-state index contributed by atoms with van der Waals surface area (Å²) >= 11 is 6.42. The molecule has 0 spiro atoms. The maximum absolute atomic E-state index is 10.6. The molecule has 26 heavy (non-hydrogen) atoms. The van der Waals surface area contributed by atoms with Crippen LogP contribution in [-0.2, 0) is 4.79 Å². The average molecular weight is 374 g/mol. The molecule has 2 aromatic carbocycles. The second-order valence-electron chi connectivity index (χ2n) is 6.01. The van der Waals surface area contributed by atoms with Gasteiger partial charge in [-0.1, -0.05) is 23.7 Å². The quantitative estimate of drug-likeness (QED) is 0.655. The highest BCUT2D eigenvalue weighted by Crippen LogP contribution is 2.26. The molecule has 0 radical (unpaired) electrons. The maximum atomic E-state index is 10.6. The molecule has 0 aliphatic rings. The number of aromatic nitrogens is 2. The first kappa shape index (κ1) is 18.2. The van der Waals surface area contributed by atoms with Gasteiger partial charge in [0.15, 0.2) is 0 Å². The Bertz CT molecular complexity index is 893. The minimum Gasteiger partial charge on any atom is -0.492 e. The van der Waals surface area contributed by atoms with E-state index in [9.17, 15) is 4.79 Å². The fourth-order valence-corrected chi connectivity index (χ4v) is 2.87. The summed E-state index contributed by atoms with van der Waals surface area (Å²) in [6, 6.07) is 15.3. The van der Waals surface area contributed by atoms with Gasteiger partial charge >= 0.3 is 5.97 Å². The van der Waals surface area contributed by atoms with E-state index < -0.39 is 5.97 Å². The topological polar surface area (TPSA) is 67.6 Å². The van der Waals surface area contributed by atoms with E-state index in [1.54, 1.807) is 4.68 Å². The molecule has 136 valence electrons. The van der Waals surface area contributed by atoms with Crippen LogP contribution in [0, 0.1) is 0 Å². The maximum Gasteiger partial charge on any atom is 0.304 e. The van der Waals surface area contributed by atoms with Crippen molar-refractivity contribution in [3.05, 3.63) is 53.7 Å². The molecule has 0 aliphatic heterocycles. The molecule has 0 saturated carbocycles. The molecular formula is C19H20ClN3O3. The molecule has 1 aromatic heterocycles. The number of halogens is 1. The normalized spacial score (nSPS) is 11.2. The van der Waals surface area contributed by atoms with Crippen molar-refractivity contribution in [3.63, 3.8) is 0 Å². The molecule has 0 saturated heterocycles. The average Bonchev–Trinajstić information content (AvgIpc) is 2.98. The summed E-state index contributed by atoms with van der Waals surface area (Å²) in [5.74, 6) is -0.0495. The van der Waals surface area contributed by atoms with E-state index in [4.69, 9.17) is 21.4 Å². The molecular weight excluding hydrogens is 354 g/mol. The Balaban J connectivity index is 1.60. The Labute approximate surface area is 156 Å². The zero-order valence-electron chi connectivity index (χ0n) is 14.4. The smallest absolute Gasteiger partial charge is 0.304 e. The third-order valence-electron chi connectivity index (χ3n) is 4.05. The zero-order valence-corrected chi connectivity index (χ0v) is 15.2. The van der Waals surface area contributed by atoms with Gasteiger partial charge in [-0.25, -0.2) is 4.68 Å². The highest BCUT2D eigenvalue weighted by Gasteiger charge is 2.10. The van der Waals surface area contributed by atoms with Gasteiger partial charge in [0, 0.05) is 18.5 Å². The number of rotatable bonds is 8. The number of benzene rings is 2. The first-order valence-corrected chi connectivity index (χ1v) is 8.69. The minimum atomic E-state index is -0.793. The fraction of sp³-hybridized carbons (Fsp3) is 0.263. The zero-order chi connectivity index (χ0) is 18.5. The molecule has 3 aromatic rings. The number of hydrogen-bond donors (Lipinski definition) is 1. The molecule has 7 heteroatoms. The number of carboxylic acids is 1. The molecule has 6 nitrogen and oxygen atoms in total. The van der Waals surface area contributed by atoms with Crippen molar-refractivity contribution in [3.8, 4) is 11.4 Å². The fourth-order valence-electron chi connectivity index (χ4n) is 2.57. The van der Waals surface area contributed by atoms with Crippen LogP contribution in [0.2, 0.25) is 5.15 Å². The van der Waals surface area contributed by atoms with Crippen molar-refractivity contribution in [2.24, 2.45) is 0 Å². The number of aliphatic carboxylic acids is 1. The van der Waals surface area contributed by atoms with E-state index in [2.05, 4.69) is 5.10 Å². The standard InChI is InChI=1S/C19H20ClN3O3/c1-22(11-10-18(24)25)12-13-26-15-8-6-14(7-9-15)23-19(20)16-4-2-3-5-17(16)21-23/h2-9H,10-13H2,1H3,(H,24,25). The summed E-state index contributed by atoms with van der Waals surface area (Å²) in [6.45, 7) is 1.65. The second kappa shape index (κ2) is 8.21. The molecule has 0 fully saturated rings. The molecule has 0 amide bonds. The van der Waals surface area contributed by atoms with E-state index in [0.29, 0.717) is 24.8 Å². The molecule has 0 unspecified atom stereocenters. The lowest BCUT2D eigenvalue weighted by Crippen LogP contribution is -2.26. The van der Waals surface area contributed by atoms with Crippen LogP contribution in [0.3, 0.4) is 0 Å². The first-order chi connectivity index (χ1) is 12.5. The Kier molecular flexibility index (Phi) is 5.75. The molecule has 1 heterocycles. The van der Waals surface area contributed by atoms with E-state index in [0.717, 1.165) is 22.3 Å². The van der Waals surface area contributed by atoms with Crippen molar-refractivity contribution >= 4 is 28.5 Å². The third kappa shape index (κ3) is 4.33. The predicted molar refractivity (Wildman–Crippen MR) is 101 cm³/mol. The van der Waals surface area contributed by atoms with E-state index >= 15 is 0 Å². The number of fused-ring (bicyclic) bond motifs is 1. The Morgan fingerprint density at radius 2 is 1.92 bits per heavy atom. The van der Waals surface area contributed by atoms with Crippen molar-refractivity contribution in [1.82, 2.24) is 14.7 Å². The van der Waals surface area contributed by atoms with Crippen LogP contribution in [0.4, 0.5) is 0 Å². The largest absolute Gasteiger partial charge is 0.492 e. The molecule has 0 aliphatic carbocycles. The SMILES string of the molecule is CN(CCOc1ccc(-n2nc3ccccc3c2Cl)cc1)CCC(=O)O. The summed E-state index contributed by atoms with van der Waals surface area (Å²) in [4.78, 5) is 12.5. The number of likely N-dealkylation sites (N-methyl/N-ethyl adjacent to an activating group) is 1. The number of carboxylic acid groups (broad SMARTS) is 1. The first-order valence-electron chi connectivity index (χ1n) is 8.31. The van der Waals surface area contributed by atoms with Crippen molar-refractivity contribution in [2.75, 3.05) is 26.7 Å². The van der Waals surface area contributed by atoms with Crippen LogP contribution in [0.15, 0.2) is 48.5 Å². The summed E-state index contributed by atoms with van der Waals surface area (Å²) < 4.78 is 7.42. The molecule has 0 atom stereocenters. The van der Waals surface area contributed by atoms with Gasteiger partial charge in [0.05, 0.1) is 17.6 Å². The summed E-state index contributed by atoms with van der Waals surface area (Å²) in [5.41, 5.74) is 1.71. The van der Waals surface area contributed by atoms with E-state index in [-0.39, 0.29) is 6.42 Å². The molecule has 0 bridgehead atoms.